The van der Waals surface area contributed by atoms with Gasteiger partial charge in [0.1, 0.15) is 0 Å². The van der Waals surface area contributed by atoms with E-state index < -0.39 is 0 Å². The summed E-state index contributed by atoms with van der Waals surface area (Å²) < 4.78 is 10.8. The van der Waals surface area contributed by atoms with E-state index in [-0.39, 0.29) is 4.75 Å². The number of likely N-dealkylation sites (tertiary alicyclic amines) is 1. The molecule has 0 saturated carbocycles. The minimum Gasteiger partial charge on any atom is -0.382 e. The summed E-state index contributed by atoms with van der Waals surface area (Å²) in [7, 11) is 3.56. The van der Waals surface area contributed by atoms with Crippen LogP contribution in [0.2, 0.25) is 0 Å². The molecule has 21 heavy (non-hydrogen) atoms. The van der Waals surface area contributed by atoms with Crippen LogP contribution in [0.25, 0.3) is 0 Å². The molecule has 1 rings (SSSR count). The molecule has 1 N–H and O–H groups in total. The van der Waals surface area contributed by atoms with Gasteiger partial charge in [-0.2, -0.15) is 11.8 Å². The number of nitrogens with one attached hydrogen (secondary N) is 1. The van der Waals surface area contributed by atoms with Gasteiger partial charge in [0.15, 0.2) is 5.96 Å². The van der Waals surface area contributed by atoms with Crippen LogP contribution in [0.3, 0.4) is 0 Å². The summed E-state index contributed by atoms with van der Waals surface area (Å²) in [6, 6.07) is 0. The van der Waals surface area contributed by atoms with Gasteiger partial charge in [-0.25, -0.2) is 0 Å². The number of methoxy groups -OCH3 is 1. The van der Waals surface area contributed by atoms with Crippen molar-refractivity contribution in [3.63, 3.8) is 0 Å². The van der Waals surface area contributed by atoms with Crippen molar-refractivity contribution in [2.75, 3.05) is 59.9 Å². The molecule has 0 radical (unpaired) electrons. The highest BCUT2D eigenvalue weighted by Gasteiger charge is 2.26. The molecule has 0 aromatic rings. The molecule has 124 valence electrons. The first-order chi connectivity index (χ1) is 10.0. The number of hydrogen-bond acceptors (Lipinski definition) is 4. The molecule has 0 aliphatic carbocycles. The van der Waals surface area contributed by atoms with E-state index in [9.17, 15) is 0 Å². The highest BCUT2D eigenvalue weighted by Crippen LogP contribution is 2.20. The maximum Gasteiger partial charge on any atom is 0.193 e. The van der Waals surface area contributed by atoms with Crippen LogP contribution < -0.4 is 5.32 Å². The summed E-state index contributed by atoms with van der Waals surface area (Å²) in [5.74, 6) is 1.60. The van der Waals surface area contributed by atoms with Crippen LogP contribution in [0.15, 0.2) is 4.99 Å². The highest BCUT2D eigenvalue weighted by molar-refractivity contribution is 7.99. The molecule has 6 heteroatoms. The number of thioether (sulfide) groups is 1. The van der Waals surface area contributed by atoms with Crippen molar-refractivity contribution in [3.05, 3.63) is 0 Å². The molecule has 0 amide bonds. The van der Waals surface area contributed by atoms with Crippen molar-refractivity contribution in [2.24, 2.45) is 10.9 Å². The minimum atomic E-state index is 0.221. The molecule has 1 aliphatic rings. The fourth-order valence-electron chi connectivity index (χ4n) is 2.25. The highest BCUT2D eigenvalue weighted by atomic mass is 32.2. The Morgan fingerprint density at radius 1 is 1.43 bits per heavy atom. The number of rotatable bonds is 8. The summed E-state index contributed by atoms with van der Waals surface area (Å²) in [6.07, 6.45) is 3.31. The molecule has 1 fully saturated rings. The van der Waals surface area contributed by atoms with Gasteiger partial charge in [0, 0.05) is 44.5 Å². The number of guanidine groups is 1. The fraction of sp³-hybridized carbons (Fsp3) is 0.933. The van der Waals surface area contributed by atoms with E-state index in [1.54, 1.807) is 7.11 Å². The van der Waals surface area contributed by atoms with Crippen molar-refractivity contribution in [1.29, 1.82) is 0 Å². The molecule has 0 aromatic heterocycles. The fourth-order valence-corrected chi connectivity index (χ4v) is 2.47. The number of aliphatic imine (C=N–C) groups is 1. The first kappa shape index (κ1) is 18.6. The van der Waals surface area contributed by atoms with Crippen LogP contribution in [0.5, 0.6) is 0 Å². The smallest absolute Gasteiger partial charge is 0.193 e. The minimum absolute atomic E-state index is 0.221. The van der Waals surface area contributed by atoms with Crippen LogP contribution in [0.4, 0.5) is 0 Å². The Balaban J connectivity index is 2.32. The third-order valence-electron chi connectivity index (χ3n) is 3.81. The molecule has 1 saturated heterocycles. The lowest BCUT2D eigenvalue weighted by Gasteiger charge is -2.27. The predicted octanol–water partition coefficient (Wildman–Crippen LogP) is 1.69. The lowest BCUT2D eigenvalue weighted by molar-refractivity contribution is 0.0536. The van der Waals surface area contributed by atoms with Crippen LogP contribution in [-0.2, 0) is 9.47 Å². The van der Waals surface area contributed by atoms with E-state index in [0.717, 1.165) is 32.2 Å². The zero-order chi connectivity index (χ0) is 15.7. The summed E-state index contributed by atoms with van der Waals surface area (Å²) in [6.45, 7) is 9.65. The standard InChI is InChI=1S/C15H31N3O2S/c1-15(2,21-5)12-17-14(16-3)18-7-6-13(10-18)11-20-9-8-19-4/h13H,6-12H2,1-5H3,(H,16,17). The van der Waals surface area contributed by atoms with Gasteiger partial charge in [0.25, 0.3) is 0 Å². The quantitative estimate of drug-likeness (QED) is 0.419. The summed E-state index contributed by atoms with van der Waals surface area (Å²) in [4.78, 5) is 6.75. The Hall–Kier alpha value is -0.460. The monoisotopic (exact) mass is 317 g/mol. The van der Waals surface area contributed by atoms with E-state index in [1.807, 2.05) is 18.8 Å². The molecule has 1 heterocycles. The zero-order valence-corrected chi connectivity index (χ0v) is 15.0. The van der Waals surface area contributed by atoms with Crippen LogP contribution in [0, 0.1) is 5.92 Å². The van der Waals surface area contributed by atoms with E-state index in [4.69, 9.17) is 9.47 Å². The van der Waals surface area contributed by atoms with Crippen LogP contribution in [-0.4, -0.2) is 75.5 Å². The Bertz CT molecular complexity index is 324. The van der Waals surface area contributed by atoms with Crippen molar-refractivity contribution in [3.8, 4) is 0 Å². The first-order valence-corrected chi connectivity index (χ1v) is 8.82. The molecule has 5 nitrogen and oxygen atoms in total. The SMILES string of the molecule is CN=C(NCC(C)(C)SC)N1CCC(COCCOC)C1. The van der Waals surface area contributed by atoms with Crippen molar-refractivity contribution >= 4 is 17.7 Å². The molecule has 1 aliphatic heterocycles. The van der Waals surface area contributed by atoms with Crippen molar-refractivity contribution in [2.45, 2.75) is 25.0 Å². The molecule has 1 atom stereocenters. The van der Waals surface area contributed by atoms with Crippen molar-refractivity contribution in [1.82, 2.24) is 10.2 Å². The second kappa shape index (κ2) is 9.54. The van der Waals surface area contributed by atoms with Gasteiger partial charge < -0.3 is 19.7 Å². The Labute approximate surface area is 133 Å². The molecule has 0 bridgehead atoms. The lowest BCUT2D eigenvalue weighted by atomic mass is 10.1. The average molecular weight is 317 g/mol. The van der Waals surface area contributed by atoms with Gasteiger partial charge in [0.2, 0.25) is 0 Å². The van der Waals surface area contributed by atoms with Gasteiger partial charge in [-0.05, 0) is 26.5 Å². The number of ether oxygens (including phenoxy) is 2. The lowest BCUT2D eigenvalue weighted by Crippen LogP contribution is -2.45. The van der Waals surface area contributed by atoms with E-state index in [2.05, 4.69) is 35.3 Å². The summed E-state index contributed by atoms with van der Waals surface area (Å²) >= 11 is 1.87. The second-order valence-corrected chi connectivity index (χ2v) is 7.55. The first-order valence-electron chi connectivity index (χ1n) is 7.60. The maximum absolute atomic E-state index is 5.64. The van der Waals surface area contributed by atoms with Crippen LogP contribution >= 0.6 is 11.8 Å². The third-order valence-corrected chi connectivity index (χ3v) is 5.06. The molecular weight excluding hydrogens is 286 g/mol. The van der Waals surface area contributed by atoms with Gasteiger partial charge in [-0.1, -0.05) is 0 Å². The normalized spacial score (nSPS) is 20.1. The Morgan fingerprint density at radius 2 is 2.19 bits per heavy atom. The van der Waals surface area contributed by atoms with Crippen LogP contribution in [0.1, 0.15) is 20.3 Å². The average Bonchev–Trinajstić information content (AvgIpc) is 2.93. The molecule has 0 aromatic carbocycles. The summed E-state index contributed by atoms with van der Waals surface area (Å²) in [5.41, 5.74) is 0. The molecule has 0 spiro atoms. The number of nitrogens with zero attached hydrogens (tertiary/aromatic N) is 2. The Morgan fingerprint density at radius 3 is 2.81 bits per heavy atom. The van der Waals surface area contributed by atoms with E-state index >= 15 is 0 Å². The third kappa shape index (κ3) is 6.89. The Kier molecular flexibility index (Phi) is 8.44. The van der Waals surface area contributed by atoms with Gasteiger partial charge in [-0.15, -0.1) is 0 Å². The molecular formula is C15H31N3O2S. The van der Waals surface area contributed by atoms with E-state index in [0.29, 0.717) is 19.1 Å². The zero-order valence-electron chi connectivity index (χ0n) is 14.1. The van der Waals surface area contributed by atoms with Gasteiger partial charge >= 0.3 is 0 Å². The van der Waals surface area contributed by atoms with Crippen molar-refractivity contribution < 1.29 is 9.47 Å². The second-order valence-electron chi connectivity index (χ2n) is 6.03. The largest absolute Gasteiger partial charge is 0.382 e. The van der Waals surface area contributed by atoms with Gasteiger partial charge in [0.05, 0.1) is 19.8 Å². The topological polar surface area (TPSA) is 46.1 Å². The molecule has 1 unspecified atom stereocenters. The predicted molar refractivity (Wildman–Crippen MR) is 91.3 cm³/mol. The summed E-state index contributed by atoms with van der Waals surface area (Å²) in [5, 5.41) is 3.49. The maximum atomic E-state index is 5.64. The van der Waals surface area contributed by atoms with Gasteiger partial charge in [-0.3, -0.25) is 4.99 Å². The number of hydrogen-bond donors (Lipinski definition) is 1. The van der Waals surface area contributed by atoms with E-state index in [1.165, 1.54) is 6.42 Å².